The summed E-state index contributed by atoms with van der Waals surface area (Å²) in [5.74, 6) is 0. The van der Waals surface area contributed by atoms with Crippen LogP contribution >= 0.6 is 0 Å². The summed E-state index contributed by atoms with van der Waals surface area (Å²) < 4.78 is 0. The van der Waals surface area contributed by atoms with Crippen molar-refractivity contribution in [2.45, 2.75) is 78.6 Å². The van der Waals surface area contributed by atoms with E-state index in [4.69, 9.17) is 0 Å². The van der Waals surface area contributed by atoms with E-state index < -0.39 is 0 Å². The summed E-state index contributed by atoms with van der Waals surface area (Å²) in [5, 5.41) is 0. The fourth-order valence-electron chi connectivity index (χ4n) is 2.24. The summed E-state index contributed by atoms with van der Waals surface area (Å²) in [7, 11) is 0. The van der Waals surface area contributed by atoms with Crippen LogP contribution in [0.15, 0.2) is 12.3 Å². The number of unbranched alkanes of at least 4 members (excludes halogenated alkanes) is 5. The third-order valence-electron chi connectivity index (χ3n) is 3.25. The van der Waals surface area contributed by atoms with Gasteiger partial charge in [-0.15, -0.1) is 0 Å². The van der Waals surface area contributed by atoms with Crippen molar-refractivity contribution >= 4 is 0 Å². The molecule has 0 atom stereocenters. The smallest absolute Gasteiger partial charge is 0.0172 e. The Morgan fingerprint density at radius 3 is 1.82 bits per heavy atom. The normalized spacial score (nSPS) is 10.5. The molecule has 0 heterocycles. The molecule has 0 aliphatic rings. The molecule has 0 spiro atoms. The van der Waals surface area contributed by atoms with E-state index in [0.29, 0.717) is 0 Å². The van der Waals surface area contributed by atoms with Gasteiger partial charge in [-0.3, -0.25) is 0 Å². The summed E-state index contributed by atoms with van der Waals surface area (Å²) in [6.45, 7) is 13.4. The van der Waals surface area contributed by atoms with Gasteiger partial charge >= 0.3 is 0 Å². The molecule has 1 nitrogen and oxygen atoms in total. The van der Waals surface area contributed by atoms with Crippen LogP contribution in [0.3, 0.4) is 0 Å². The van der Waals surface area contributed by atoms with Gasteiger partial charge in [0.15, 0.2) is 0 Å². The van der Waals surface area contributed by atoms with Crippen LogP contribution < -0.4 is 0 Å². The van der Waals surface area contributed by atoms with Crippen LogP contribution in [0.2, 0.25) is 0 Å². The zero-order chi connectivity index (χ0) is 12.9. The lowest BCUT2D eigenvalue weighted by Crippen LogP contribution is -2.24. The standard InChI is InChI=1S/C16H33N/c1-5-8-9-10-11-12-13-16(4)17(14-6-2)15-7-3/h4-15H2,1-3H3. The van der Waals surface area contributed by atoms with Gasteiger partial charge < -0.3 is 4.90 Å². The van der Waals surface area contributed by atoms with Gasteiger partial charge in [0.2, 0.25) is 0 Å². The van der Waals surface area contributed by atoms with Gasteiger partial charge in [-0.25, -0.2) is 0 Å². The summed E-state index contributed by atoms with van der Waals surface area (Å²) in [5.41, 5.74) is 1.36. The Morgan fingerprint density at radius 1 is 0.765 bits per heavy atom. The Labute approximate surface area is 109 Å². The molecule has 0 aliphatic heterocycles. The average Bonchev–Trinajstić information content (AvgIpc) is 2.33. The van der Waals surface area contributed by atoms with E-state index in [1.165, 1.54) is 76.6 Å². The summed E-state index contributed by atoms with van der Waals surface area (Å²) in [6.07, 6.45) is 11.9. The van der Waals surface area contributed by atoms with Gasteiger partial charge in [0.1, 0.15) is 0 Å². The molecule has 0 saturated carbocycles. The van der Waals surface area contributed by atoms with Crippen molar-refractivity contribution in [2.75, 3.05) is 13.1 Å². The zero-order valence-electron chi connectivity index (χ0n) is 12.4. The Morgan fingerprint density at radius 2 is 1.29 bits per heavy atom. The van der Waals surface area contributed by atoms with Crippen molar-refractivity contribution in [3.63, 3.8) is 0 Å². The fourth-order valence-corrected chi connectivity index (χ4v) is 2.24. The highest BCUT2D eigenvalue weighted by molar-refractivity contribution is 4.93. The summed E-state index contributed by atoms with van der Waals surface area (Å²) in [4.78, 5) is 2.48. The van der Waals surface area contributed by atoms with Crippen LogP contribution in [-0.4, -0.2) is 18.0 Å². The maximum Gasteiger partial charge on any atom is 0.0172 e. The SMILES string of the molecule is C=C(CCCCCCCC)N(CCC)CCC. The van der Waals surface area contributed by atoms with Gasteiger partial charge in [-0.05, 0) is 25.7 Å². The molecular weight excluding hydrogens is 206 g/mol. The first-order chi connectivity index (χ1) is 8.26. The third-order valence-corrected chi connectivity index (χ3v) is 3.25. The molecule has 0 aromatic rings. The Bertz CT molecular complexity index is 168. The fraction of sp³-hybridized carbons (Fsp3) is 0.875. The third kappa shape index (κ3) is 9.26. The highest BCUT2D eigenvalue weighted by Crippen LogP contribution is 2.14. The monoisotopic (exact) mass is 239 g/mol. The van der Waals surface area contributed by atoms with E-state index in [2.05, 4.69) is 32.3 Å². The average molecular weight is 239 g/mol. The van der Waals surface area contributed by atoms with E-state index in [0.717, 1.165) is 0 Å². The first-order valence-electron chi connectivity index (χ1n) is 7.68. The molecule has 0 bridgehead atoms. The van der Waals surface area contributed by atoms with E-state index >= 15 is 0 Å². The van der Waals surface area contributed by atoms with E-state index in [9.17, 15) is 0 Å². The maximum absolute atomic E-state index is 4.25. The molecule has 1 heteroatoms. The maximum atomic E-state index is 4.25. The molecule has 0 saturated heterocycles. The molecule has 0 amide bonds. The minimum absolute atomic E-state index is 1.18. The molecule has 0 aromatic heterocycles. The van der Waals surface area contributed by atoms with Gasteiger partial charge in [0.05, 0.1) is 0 Å². The second-order valence-electron chi connectivity index (χ2n) is 5.07. The largest absolute Gasteiger partial charge is 0.375 e. The number of hydrogen-bond donors (Lipinski definition) is 0. The molecule has 0 aliphatic carbocycles. The van der Waals surface area contributed by atoms with Crippen LogP contribution in [0, 0.1) is 0 Å². The molecule has 0 N–H and O–H groups in total. The van der Waals surface area contributed by atoms with Crippen LogP contribution in [0.5, 0.6) is 0 Å². The van der Waals surface area contributed by atoms with Gasteiger partial charge in [0, 0.05) is 18.8 Å². The minimum Gasteiger partial charge on any atom is -0.375 e. The van der Waals surface area contributed by atoms with Crippen molar-refractivity contribution in [1.29, 1.82) is 0 Å². The van der Waals surface area contributed by atoms with E-state index in [1.54, 1.807) is 0 Å². The molecule has 0 rings (SSSR count). The lowest BCUT2D eigenvalue weighted by Gasteiger charge is -2.26. The van der Waals surface area contributed by atoms with Crippen molar-refractivity contribution in [1.82, 2.24) is 4.90 Å². The number of hydrogen-bond acceptors (Lipinski definition) is 1. The second kappa shape index (κ2) is 12.0. The topological polar surface area (TPSA) is 3.24 Å². The quantitative estimate of drug-likeness (QED) is 0.414. The second-order valence-corrected chi connectivity index (χ2v) is 5.07. The molecule has 0 fully saturated rings. The molecule has 102 valence electrons. The van der Waals surface area contributed by atoms with Gasteiger partial charge in [-0.1, -0.05) is 59.5 Å². The van der Waals surface area contributed by atoms with Crippen LogP contribution in [-0.2, 0) is 0 Å². The zero-order valence-corrected chi connectivity index (χ0v) is 12.4. The van der Waals surface area contributed by atoms with Crippen molar-refractivity contribution in [3.05, 3.63) is 12.3 Å². The Balaban J connectivity index is 3.59. The predicted octanol–water partition coefficient (Wildman–Crippen LogP) is 5.37. The molecular formula is C16H33N. The molecule has 0 radical (unpaired) electrons. The number of allylic oxidation sites excluding steroid dienone is 1. The first-order valence-corrected chi connectivity index (χ1v) is 7.68. The van der Waals surface area contributed by atoms with Crippen LogP contribution in [0.1, 0.15) is 78.6 Å². The Kier molecular flexibility index (Phi) is 11.7. The van der Waals surface area contributed by atoms with Crippen LogP contribution in [0.25, 0.3) is 0 Å². The lowest BCUT2D eigenvalue weighted by atomic mass is 10.1. The number of rotatable bonds is 12. The first kappa shape index (κ1) is 16.5. The molecule has 17 heavy (non-hydrogen) atoms. The lowest BCUT2D eigenvalue weighted by molar-refractivity contribution is 0.330. The van der Waals surface area contributed by atoms with Gasteiger partial charge in [-0.2, -0.15) is 0 Å². The van der Waals surface area contributed by atoms with E-state index in [-0.39, 0.29) is 0 Å². The van der Waals surface area contributed by atoms with Crippen LogP contribution in [0.4, 0.5) is 0 Å². The van der Waals surface area contributed by atoms with Gasteiger partial charge in [0.25, 0.3) is 0 Å². The van der Waals surface area contributed by atoms with Crippen molar-refractivity contribution in [3.8, 4) is 0 Å². The number of nitrogens with zero attached hydrogens (tertiary/aromatic N) is 1. The highest BCUT2D eigenvalue weighted by Gasteiger charge is 2.04. The Hall–Kier alpha value is -0.460. The molecule has 0 unspecified atom stereocenters. The molecule has 0 aromatic carbocycles. The highest BCUT2D eigenvalue weighted by atomic mass is 15.1. The van der Waals surface area contributed by atoms with Crippen molar-refractivity contribution in [2.24, 2.45) is 0 Å². The summed E-state index contributed by atoms with van der Waals surface area (Å²) >= 11 is 0. The summed E-state index contributed by atoms with van der Waals surface area (Å²) in [6, 6.07) is 0. The van der Waals surface area contributed by atoms with Crippen molar-refractivity contribution < 1.29 is 0 Å². The predicted molar refractivity (Wildman–Crippen MR) is 79.3 cm³/mol. The minimum atomic E-state index is 1.18. The van der Waals surface area contributed by atoms with E-state index in [1.807, 2.05) is 0 Å².